The molecule has 6 heteroatoms. The molecule has 0 aliphatic rings. The van der Waals surface area contributed by atoms with Crippen LogP contribution in [-0.4, -0.2) is 56.8 Å². The van der Waals surface area contributed by atoms with Crippen LogP contribution >= 0.6 is 0 Å². The maximum absolute atomic E-state index is 12.2. The van der Waals surface area contributed by atoms with Gasteiger partial charge in [0.1, 0.15) is 0 Å². The minimum atomic E-state index is -3.31. The summed E-state index contributed by atoms with van der Waals surface area (Å²) in [5.74, 6) is 0. The molecule has 0 aromatic heterocycles. The van der Waals surface area contributed by atoms with E-state index in [1.165, 1.54) is 8.61 Å². The molecule has 0 bridgehead atoms. The summed E-state index contributed by atoms with van der Waals surface area (Å²) in [5, 5.41) is 3.19. The fourth-order valence-electron chi connectivity index (χ4n) is 1.77. The van der Waals surface area contributed by atoms with Crippen molar-refractivity contribution >= 4 is 10.2 Å². The highest BCUT2D eigenvalue weighted by Crippen LogP contribution is 2.12. The third-order valence-corrected chi connectivity index (χ3v) is 5.22. The average molecular weight is 279 g/mol. The smallest absolute Gasteiger partial charge is 0.281 e. The second-order valence-corrected chi connectivity index (χ2v) is 6.79. The van der Waals surface area contributed by atoms with Crippen molar-refractivity contribution in [2.24, 2.45) is 0 Å². The molecular formula is C12H29N3O2S. The molecule has 0 amide bonds. The van der Waals surface area contributed by atoms with Crippen molar-refractivity contribution in [2.45, 2.75) is 46.1 Å². The van der Waals surface area contributed by atoms with Crippen LogP contribution in [0.5, 0.6) is 0 Å². The summed E-state index contributed by atoms with van der Waals surface area (Å²) in [6, 6.07) is 0.0521. The van der Waals surface area contributed by atoms with Gasteiger partial charge in [0.15, 0.2) is 0 Å². The maximum atomic E-state index is 12.2. The van der Waals surface area contributed by atoms with Gasteiger partial charge in [0, 0.05) is 26.7 Å². The number of nitrogens with zero attached hydrogens (tertiary/aromatic N) is 2. The van der Waals surface area contributed by atoms with Gasteiger partial charge in [-0.3, -0.25) is 0 Å². The Balaban J connectivity index is 4.33. The molecule has 0 aromatic carbocycles. The van der Waals surface area contributed by atoms with Gasteiger partial charge in [-0.25, -0.2) is 0 Å². The summed E-state index contributed by atoms with van der Waals surface area (Å²) in [7, 11) is 0.00368. The van der Waals surface area contributed by atoms with Gasteiger partial charge >= 0.3 is 0 Å². The van der Waals surface area contributed by atoms with Crippen LogP contribution in [0.1, 0.15) is 40.0 Å². The molecule has 5 nitrogen and oxygen atoms in total. The van der Waals surface area contributed by atoms with E-state index in [9.17, 15) is 8.42 Å². The Labute approximate surface area is 113 Å². The summed E-state index contributed by atoms with van der Waals surface area (Å²) < 4.78 is 27.4. The standard InChI is InChI=1S/C12H29N3O2S/c1-6-9-12(3)15(5)18(16,17)14(4)11-8-10-13-7-2/h12-13H,6-11H2,1-5H3. The second kappa shape index (κ2) is 8.85. The summed E-state index contributed by atoms with van der Waals surface area (Å²) in [5.41, 5.74) is 0. The maximum Gasteiger partial charge on any atom is 0.281 e. The zero-order chi connectivity index (χ0) is 14.2. The Kier molecular flexibility index (Phi) is 8.77. The van der Waals surface area contributed by atoms with Gasteiger partial charge in [-0.15, -0.1) is 0 Å². The Morgan fingerprint density at radius 3 is 2.33 bits per heavy atom. The Bertz CT molecular complexity index is 306. The third kappa shape index (κ3) is 5.65. The average Bonchev–Trinajstić information content (AvgIpc) is 2.33. The highest BCUT2D eigenvalue weighted by Gasteiger charge is 2.26. The number of hydrogen-bond acceptors (Lipinski definition) is 3. The van der Waals surface area contributed by atoms with Crippen molar-refractivity contribution in [3.05, 3.63) is 0 Å². The van der Waals surface area contributed by atoms with Crippen molar-refractivity contribution in [1.82, 2.24) is 13.9 Å². The fraction of sp³-hybridized carbons (Fsp3) is 1.00. The van der Waals surface area contributed by atoms with Gasteiger partial charge in [-0.2, -0.15) is 17.0 Å². The second-order valence-electron chi connectivity index (χ2n) is 4.69. The number of nitrogens with one attached hydrogen (secondary N) is 1. The number of rotatable bonds is 10. The van der Waals surface area contributed by atoms with E-state index in [0.717, 1.165) is 32.4 Å². The first-order chi connectivity index (χ1) is 8.37. The molecule has 110 valence electrons. The van der Waals surface area contributed by atoms with Crippen LogP contribution < -0.4 is 5.32 Å². The molecule has 0 fully saturated rings. The molecule has 0 aliphatic carbocycles. The normalized spacial score (nSPS) is 14.4. The first-order valence-corrected chi connectivity index (χ1v) is 8.17. The fourth-order valence-corrected chi connectivity index (χ4v) is 3.13. The van der Waals surface area contributed by atoms with Crippen LogP contribution in [-0.2, 0) is 10.2 Å². The lowest BCUT2D eigenvalue weighted by Gasteiger charge is -2.28. The van der Waals surface area contributed by atoms with E-state index in [1.54, 1.807) is 14.1 Å². The predicted molar refractivity (Wildman–Crippen MR) is 76.8 cm³/mol. The summed E-state index contributed by atoms with van der Waals surface area (Å²) >= 11 is 0. The Hall–Kier alpha value is -0.170. The lowest BCUT2D eigenvalue weighted by Crippen LogP contribution is -2.44. The molecule has 1 atom stereocenters. The first kappa shape index (κ1) is 17.8. The molecule has 1 N–H and O–H groups in total. The van der Waals surface area contributed by atoms with E-state index in [0.29, 0.717) is 6.54 Å². The van der Waals surface area contributed by atoms with Crippen LogP contribution in [0.2, 0.25) is 0 Å². The predicted octanol–water partition coefficient (Wildman–Crippen LogP) is 1.28. The molecule has 0 aliphatic heterocycles. The zero-order valence-electron chi connectivity index (χ0n) is 12.4. The molecular weight excluding hydrogens is 250 g/mol. The molecule has 1 unspecified atom stereocenters. The molecule has 0 spiro atoms. The van der Waals surface area contributed by atoms with Crippen molar-refractivity contribution in [1.29, 1.82) is 0 Å². The molecule has 0 aromatic rings. The molecule has 0 heterocycles. The summed E-state index contributed by atoms with van der Waals surface area (Å²) in [4.78, 5) is 0. The Morgan fingerprint density at radius 2 is 1.83 bits per heavy atom. The Morgan fingerprint density at radius 1 is 1.22 bits per heavy atom. The monoisotopic (exact) mass is 279 g/mol. The van der Waals surface area contributed by atoms with Gasteiger partial charge in [0.2, 0.25) is 0 Å². The number of hydrogen-bond donors (Lipinski definition) is 1. The van der Waals surface area contributed by atoms with Gasteiger partial charge in [0.05, 0.1) is 0 Å². The van der Waals surface area contributed by atoms with Crippen LogP contribution in [0.25, 0.3) is 0 Å². The summed E-state index contributed by atoms with van der Waals surface area (Å²) in [6.07, 6.45) is 2.71. The van der Waals surface area contributed by atoms with Gasteiger partial charge in [-0.1, -0.05) is 20.3 Å². The van der Waals surface area contributed by atoms with E-state index >= 15 is 0 Å². The SMILES string of the molecule is CCCC(C)N(C)S(=O)(=O)N(C)CCCNCC. The molecule has 0 rings (SSSR count). The van der Waals surface area contributed by atoms with Crippen LogP contribution in [0.4, 0.5) is 0 Å². The minimum Gasteiger partial charge on any atom is -0.317 e. The topological polar surface area (TPSA) is 52.7 Å². The van der Waals surface area contributed by atoms with Crippen molar-refractivity contribution < 1.29 is 8.42 Å². The lowest BCUT2D eigenvalue weighted by atomic mass is 10.2. The molecule has 0 saturated heterocycles. The summed E-state index contributed by atoms with van der Waals surface area (Å²) in [6.45, 7) is 8.39. The molecule has 0 saturated carbocycles. The molecule has 18 heavy (non-hydrogen) atoms. The highest BCUT2D eigenvalue weighted by molar-refractivity contribution is 7.86. The van der Waals surface area contributed by atoms with Gasteiger partial charge in [-0.05, 0) is 32.9 Å². The third-order valence-electron chi connectivity index (χ3n) is 3.16. The van der Waals surface area contributed by atoms with E-state index in [-0.39, 0.29) is 6.04 Å². The molecule has 0 radical (unpaired) electrons. The van der Waals surface area contributed by atoms with E-state index in [1.807, 2.05) is 13.8 Å². The van der Waals surface area contributed by atoms with E-state index in [2.05, 4.69) is 12.2 Å². The van der Waals surface area contributed by atoms with Crippen LogP contribution in [0.15, 0.2) is 0 Å². The quantitative estimate of drug-likeness (QED) is 0.613. The minimum absolute atomic E-state index is 0.0521. The van der Waals surface area contributed by atoms with Gasteiger partial charge < -0.3 is 5.32 Å². The van der Waals surface area contributed by atoms with E-state index < -0.39 is 10.2 Å². The highest BCUT2D eigenvalue weighted by atomic mass is 32.2. The van der Waals surface area contributed by atoms with E-state index in [4.69, 9.17) is 0 Å². The zero-order valence-corrected chi connectivity index (χ0v) is 13.3. The lowest BCUT2D eigenvalue weighted by molar-refractivity contribution is 0.330. The van der Waals surface area contributed by atoms with Crippen molar-refractivity contribution in [2.75, 3.05) is 33.7 Å². The van der Waals surface area contributed by atoms with Crippen LogP contribution in [0.3, 0.4) is 0 Å². The largest absolute Gasteiger partial charge is 0.317 e. The first-order valence-electron chi connectivity index (χ1n) is 6.77. The van der Waals surface area contributed by atoms with Crippen molar-refractivity contribution in [3.63, 3.8) is 0 Å². The van der Waals surface area contributed by atoms with Crippen LogP contribution in [0, 0.1) is 0 Å². The van der Waals surface area contributed by atoms with Crippen molar-refractivity contribution in [3.8, 4) is 0 Å². The van der Waals surface area contributed by atoms with Gasteiger partial charge in [0.25, 0.3) is 10.2 Å².